The molecule has 24 heavy (non-hydrogen) atoms. The van der Waals surface area contributed by atoms with Crippen molar-refractivity contribution in [3.05, 3.63) is 23.8 Å². The summed E-state index contributed by atoms with van der Waals surface area (Å²) in [6.07, 6.45) is 10.8. The Labute approximate surface area is 145 Å². The maximum Gasteiger partial charge on any atom is 0.330 e. The summed E-state index contributed by atoms with van der Waals surface area (Å²) in [7, 11) is 0. The van der Waals surface area contributed by atoms with Crippen LogP contribution in [0, 0.1) is 17.3 Å². The van der Waals surface area contributed by atoms with E-state index in [-0.39, 0.29) is 23.5 Å². The van der Waals surface area contributed by atoms with E-state index >= 15 is 0 Å². The van der Waals surface area contributed by atoms with Crippen molar-refractivity contribution in [2.24, 2.45) is 17.3 Å². The lowest BCUT2D eigenvalue weighted by atomic mass is 9.63. The molecule has 0 heterocycles. The van der Waals surface area contributed by atoms with Crippen LogP contribution in [0.5, 0.6) is 0 Å². The van der Waals surface area contributed by atoms with E-state index in [2.05, 4.69) is 19.9 Å². The monoisotopic (exact) mass is 334 g/mol. The lowest BCUT2D eigenvalue weighted by molar-refractivity contribution is -0.153. The van der Waals surface area contributed by atoms with Gasteiger partial charge < -0.3 is 9.47 Å². The summed E-state index contributed by atoms with van der Waals surface area (Å²) in [5.74, 6) is 0.313. The molecule has 4 atom stereocenters. The van der Waals surface area contributed by atoms with Gasteiger partial charge in [-0.3, -0.25) is 4.79 Å². The number of fused-ring (bicyclic) bond motifs is 1. The number of hydrogen-bond donors (Lipinski definition) is 0. The normalized spacial score (nSPS) is 30.6. The molecule has 4 heteroatoms. The van der Waals surface area contributed by atoms with Crippen molar-refractivity contribution in [2.75, 3.05) is 6.61 Å². The van der Waals surface area contributed by atoms with Crippen LogP contribution in [0.1, 0.15) is 59.8 Å². The molecule has 2 rings (SSSR count). The molecular weight excluding hydrogens is 304 g/mol. The van der Waals surface area contributed by atoms with E-state index in [0.717, 1.165) is 32.1 Å². The number of carbonyl (C=O) groups is 2. The molecule has 0 saturated heterocycles. The van der Waals surface area contributed by atoms with Crippen LogP contribution in [0.3, 0.4) is 0 Å². The maximum absolute atomic E-state index is 11.4. The van der Waals surface area contributed by atoms with Crippen LogP contribution < -0.4 is 0 Å². The van der Waals surface area contributed by atoms with E-state index in [4.69, 9.17) is 9.47 Å². The highest BCUT2D eigenvalue weighted by Crippen LogP contribution is 2.55. The minimum absolute atomic E-state index is 0.0391. The second kappa shape index (κ2) is 8.00. The van der Waals surface area contributed by atoms with Gasteiger partial charge in [0.15, 0.2) is 0 Å². The van der Waals surface area contributed by atoms with Gasteiger partial charge in [-0.1, -0.05) is 31.6 Å². The second-order valence-electron chi connectivity index (χ2n) is 7.25. The van der Waals surface area contributed by atoms with Crippen molar-refractivity contribution in [3.8, 4) is 0 Å². The molecule has 0 aromatic rings. The third kappa shape index (κ3) is 4.08. The van der Waals surface area contributed by atoms with Gasteiger partial charge in [-0.15, -0.1) is 0 Å². The molecule has 1 fully saturated rings. The highest BCUT2D eigenvalue weighted by Gasteiger charge is 2.49. The SMILES string of the molecule is CCOC(=O)/C=C/C[C@@H](C)C1=CC[C@H]2[C@@H](OC(C)=O)CCC[C@@]12C. The van der Waals surface area contributed by atoms with Crippen molar-refractivity contribution in [3.63, 3.8) is 0 Å². The van der Waals surface area contributed by atoms with Crippen molar-refractivity contribution < 1.29 is 19.1 Å². The number of hydrogen-bond acceptors (Lipinski definition) is 4. The predicted molar refractivity (Wildman–Crippen MR) is 93.3 cm³/mol. The molecule has 0 aliphatic heterocycles. The maximum atomic E-state index is 11.4. The fourth-order valence-corrected chi connectivity index (χ4v) is 4.53. The molecule has 0 bridgehead atoms. The summed E-state index contributed by atoms with van der Waals surface area (Å²) in [6.45, 7) is 8.24. The zero-order chi connectivity index (χ0) is 17.7. The largest absolute Gasteiger partial charge is 0.463 e. The van der Waals surface area contributed by atoms with Crippen LogP contribution in [-0.2, 0) is 19.1 Å². The molecule has 134 valence electrons. The third-order valence-electron chi connectivity index (χ3n) is 5.58. The molecule has 0 amide bonds. The average molecular weight is 334 g/mol. The Hall–Kier alpha value is -1.58. The smallest absolute Gasteiger partial charge is 0.330 e. The van der Waals surface area contributed by atoms with Gasteiger partial charge in [0.1, 0.15) is 6.10 Å². The molecule has 2 aliphatic rings. The number of esters is 2. The van der Waals surface area contributed by atoms with Crippen LogP contribution in [0.2, 0.25) is 0 Å². The van der Waals surface area contributed by atoms with Crippen LogP contribution in [0.4, 0.5) is 0 Å². The predicted octanol–water partition coefficient (Wildman–Crippen LogP) is 4.20. The lowest BCUT2D eigenvalue weighted by Crippen LogP contribution is -2.41. The molecule has 0 unspecified atom stereocenters. The van der Waals surface area contributed by atoms with Gasteiger partial charge in [-0.2, -0.15) is 0 Å². The van der Waals surface area contributed by atoms with Crippen molar-refractivity contribution in [1.29, 1.82) is 0 Å². The van der Waals surface area contributed by atoms with Crippen LogP contribution in [0.25, 0.3) is 0 Å². The van der Waals surface area contributed by atoms with Crippen LogP contribution in [-0.4, -0.2) is 24.6 Å². The van der Waals surface area contributed by atoms with E-state index in [0.29, 0.717) is 18.4 Å². The van der Waals surface area contributed by atoms with Gasteiger partial charge in [0.05, 0.1) is 6.61 Å². The first-order chi connectivity index (χ1) is 11.4. The van der Waals surface area contributed by atoms with Gasteiger partial charge in [-0.25, -0.2) is 4.79 Å². The summed E-state index contributed by atoms with van der Waals surface area (Å²) in [6, 6.07) is 0. The Morgan fingerprint density at radius 2 is 2.21 bits per heavy atom. The molecule has 4 nitrogen and oxygen atoms in total. The van der Waals surface area contributed by atoms with Gasteiger partial charge in [0, 0.05) is 18.9 Å². The first-order valence-electron chi connectivity index (χ1n) is 9.09. The topological polar surface area (TPSA) is 52.6 Å². The Balaban J connectivity index is 2.01. The van der Waals surface area contributed by atoms with E-state index in [1.165, 1.54) is 18.6 Å². The van der Waals surface area contributed by atoms with E-state index in [1.807, 2.05) is 6.08 Å². The van der Waals surface area contributed by atoms with Crippen molar-refractivity contribution in [2.45, 2.75) is 65.9 Å². The summed E-state index contributed by atoms with van der Waals surface area (Å²) in [5.41, 5.74) is 1.56. The number of carbonyl (C=O) groups excluding carboxylic acids is 2. The molecule has 0 aromatic heterocycles. The highest BCUT2D eigenvalue weighted by molar-refractivity contribution is 5.81. The first kappa shape index (κ1) is 18.8. The molecule has 2 aliphatic carbocycles. The Kier molecular flexibility index (Phi) is 6.25. The zero-order valence-electron chi connectivity index (χ0n) is 15.3. The summed E-state index contributed by atoms with van der Waals surface area (Å²) in [4.78, 5) is 22.8. The summed E-state index contributed by atoms with van der Waals surface area (Å²) in [5, 5.41) is 0. The van der Waals surface area contributed by atoms with Crippen LogP contribution in [0.15, 0.2) is 23.8 Å². The number of ether oxygens (including phenoxy) is 2. The Morgan fingerprint density at radius 3 is 2.88 bits per heavy atom. The minimum Gasteiger partial charge on any atom is -0.463 e. The molecule has 0 radical (unpaired) electrons. The molecule has 0 spiro atoms. The fourth-order valence-electron chi connectivity index (χ4n) is 4.53. The number of allylic oxidation sites excluding steroid dienone is 3. The van der Waals surface area contributed by atoms with E-state index in [1.54, 1.807) is 6.92 Å². The van der Waals surface area contributed by atoms with Gasteiger partial charge in [0.25, 0.3) is 0 Å². The Bertz CT molecular complexity index is 534. The van der Waals surface area contributed by atoms with Gasteiger partial charge in [-0.05, 0) is 50.4 Å². The zero-order valence-corrected chi connectivity index (χ0v) is 15.3. The van der Waals surface area contributed by atoms with Crippen molar-refractivity contribution >= 4 is 11.9 Å². The molecule has 0 aromatic carbocycles. The van der Waals surface area contributed by atoms with Crippen molar-refractivity contribution in [1.82, 2.24) is 0 Å². The Morgan fingerprint density at radius 1 is 1.46 bits per heavy atom. The summed E-state index contributed by atoms with van der Waals surface area (Å²) >= 11 is 0. The van der Waals surface area contributed by atoms with E-state index in [9.17, 15) is 9.59 Å². The van der Waals surface area contributed by atoms with Crippen LogP contribution >= 0.6 is 0 Å². The quantitative estimate of drug-likeness (QED) is 0.415. The van der Waals surface area contributed by atoms with E-state index < -0.39 is 0 Å². The minimum atomic E-state index is -0.276. The number of rotatable bonds is 6. The first-order valence-corrected chi connectivity index (χ1v) is 9.09. The second-order valence-corrected chi connectivity index (χ2v) is 7.25. The average Bonchev–Trinajstić information content (AvgIpc) is 2.85. The highest BCUT2D eigenvalue weighted by atomic mass is 16.5. The third-order valence-corrected chi connectivity index (χ3v) is 5.58. The standard InChI is InChI=1S/C20H30O4/c1-5-23-19(22)10-6-8-14(2)16-11-12-17-18(24-15(3)21)9-7-13-20(16,17)4/h6,10-11,14,17-18H,5,7-9,12-13H2,1-4H3/b10-6+/t14-,17+,18+,20+/m1/s1. The van der Waals surface area contributed by atoms with Gasteiger partial charge in [0.2, 0.25) is 0 Å². The van der Waals surface area contributed by atoms with Gasteiger partial charge >= 0.3 is 11.9 Å². The molecular formula is C20H30O4. The molecule has 0 N–H and O–H groups in total. The summed E-state index contributed by atoms with van der Waals surface area (Å²) < 4.78 is 10.5. The molecule has 1 saturated carbocycles. The fraction of sp³-hybridized carbons (Fsp3) is 0.700. The lowest BCUT2D eigenvalue weighted by Gasteiger charge is -2.44.